The van der Waals surface area contributed by atoms with Gasteiger partial charge in [0.2, 0.25) is 0 Å². The number of piperidine rings is 1. The van der Waals surface area contributed by atoms with Gasteiger partial charge >= 0.3 is 0 Å². The van der Waals surface area contributed by atoms with Crippen LogP contribution in [0.2, 0.25) is 0 Å². The maximum Gasteiger partial charge on any atom is 0.255 e. The maximum absolute atomic E-state index is 13.2. The van der Waals surface area contributed by atoms with Crippen molar-refractivity contribution >= 4 is 5.91 Å². The number of hydrogen-bond acceptors (Lipinski definition) is 2. The van der Waals surface area contributed by atoms with Crippen molar-refractivity contribution in [2.45, 2.75) is 19.3 Å². The molecule has 1 fully saturated rings. The first-order chi connectivity index (χ1) is 12.1. The van der Waals surface area contributed by atoms with Crippen molar-refractivity contribution in [2.75, 3.05) is 33.2 Å². The second kappa shape index (κ2) is 8.30. The average molecular weight is 343 g/mol. The van der Waals surface area contributed by atoms with Crippen LogP contribution in [0.5, 0.6) is 0 Å². The van der Waals surface area contributed by atoms with Gasteiger partial charge in [0, 0.05) is 32.5 Å². The van der Waals surface area contributed by atoms with E-state index in [-0.39, 0.29) is 11.7 Å². The second-order valence-electron chi connectivity index (χ2n) is 6.95. The molecule has 0 radical (unpaired) electrons. The molecule has 1 aliphatic heterocycles. The fourth-order valence-corrected chi connectivity index (χ4v) is 3.52. The van der Waals surface area contributed by atoms with Gasteiger partial charge in [-0.05, 0) is 62.0 Å². The van der Waals surface area contributed by atoms with Gasteiger partial charge in [-0.15, -0.1) is 0 Å². The standard InChI is InChI=1S/C20H26FN3O/c1-23(20(25)18-5-9-22-14-18)15-17-7-11-24(12-8-17)10-6-16-3-2-4-19(21)13-16/h2-5,9,13-14,17,22H,6-8,10-12,15H2,1H3. The molecule has 25 heavy (non-hydrogen) atoms. The van der Waals surface area contributed by atoms with Crippen molar-refractivity contribution in [3.63, 3.8) is 0 Å². The van der Waals surface area contributed by atoms with E-state index in [1.807, 2.05) is 24.1 Å². The Morgan fingerprint density at radius 2 is 2.12 bits per heavy atom. The molecule has 3 rings (SSSR count). The summed E-state index contributed by atoms with van der Waals surface area (Å²) in [5, 5.41) is 0. The Morgan fingerprint density at radius 1 is 1.32 bits per heavy atom. The van der Waals surface area contributed by atoms with Crippen molar-refractivity contribution in [3.05, 3.63) is 59.7 Å². The third-order valence-corrected chi connectivity index (χ3v) is 5.04. The third kappa shape index (κ3) is 4.92. The highest BCUT2D eigenvalue weighted by Gasteiger charge is 2.22. The molecular weight excluding hydrogens is 317 g/mol. The number of benzene rings is 1. The molecule has 0 bridgehead atoms. The van der Waals surface area contributed by atoms with E-state index in [9.17, 15) is 9.18 Å². The Balaban J connectivity index is 1.40. The summed E-state index contributed by atoms with van der Waals surface area (Å²) in [4.78, 5) is 19.5. The Bertz CT molecular complexity index is 678. The van der Waals surface area contributed by atoms with Gasteiger partial charge in [-0.2, -0.15) is 0 Å². The number of carbonyl (C=O) groups excluding carboxylic acids is 1. The molecule has 0 atom stereocenters. The van der Waals surface area contributed by atoms with Gasteiger partial charge in [-0.1, -0.05) is 12.1 Å². The van der Waals surface area contributed by atoms with Crippen LogP contribution in [-0.2, 0) is 6.42 Å². The molecule has 134 valence electrons. The summed E-state index contributed by atoms with van der Waals surface area (Å²) in [6.45, 7) is 3.87. The molecule has 1 aliphatic rings. The van der Waals surface area contributed by atoms with Gasteiger partial charge in [-0.3, -0.25) is 4.79 Å². The number of rotatable bonds is 6. The minimum atomic E-state index is -0.161. The molecule has 1 saturated heterocycles. The number of halogens is 1. The number of nitrogens with zero attached hydrogens (tertiary/aromatic N) is 2. The summed E-state index contributed by atoms with van der Waals surface area (Å²) in [5.74, 6) is 0.472. The average Bonchev–Trinajstić information content (AvgIpc) is 3.15. The highest BCUT2D eigenvalue weighted by molar-refractivity contribution is 5.93. The zero-order chi connectivity index (χ0) is 17.6. The van der Waals surface area contributed by atoms with E-state index in [0.29, 0.717) is 5.92 Å². The molecule has 0 saturated carbocycles. The van der Waals surface area contributed by atoms with E-state index in [1.54, 1.807) is 24.5 Å². The zero-order valence-corrected chi connectivity index (χ0v) is 14.7. The number of aromatic amines is 1. The lowest BCUT2D eigenvalue weighted by Crippen LogP contribution is -2.40. The van der Waals surface area contributed by atoms with Gasteiger partial charge in [0.25, 0.3) is 5.91 Å². The fraction of sp³-hybridized carbons (Fsp3) is 0.450. The largest absolute Gasteiger partial charge is 0.367 e. The Kier molecular flexibility index (Phi) is 5.87. The van der Waals surface area contributed by atoms with Gasteiger partial charge in [0.15, 0.2) is 0 Å². The number of amides is 1. The van der Waals surface area contributed by atoms with Crippen molar-refractivity contribution in [1.82, 2.24) is 14.8 Å². The summed E-state index contributed by atoms with van der Waals surface area (Å²) < 4.78 is 13.2. The molecule has 1 aromatic heterocycles. The van der Waals surface area contributed by atoms with Crippen LogP contribution in [0.1, 0.15) is 28.8 Å². The monoisotopic (exact) mass is 343 g/mol. The Labute approximate surface area is 148 Å². The number of H-pyrrole nitrogens is 1. The van der Waals surface area contributed by atoms with Crippen LogP contribution < -0.4 is 0 Å². The molecule has 2 aromatic rings. The summed E-state index contributed by atoms with van der Waals surface area (Å²) in [6.07, 6.45) is 6.61. The van der Waals surface area contributed by atoms with Crippen LogP contribution in [0.3, 0.4) is 0 Å². The first-order valence-corrected chi connectivity index (χ1v) is 8.97. The summed E-state index contributed by atoms with van der Waals surface area (Å²) >= 11 is 0. The minimum Gasteiger partial charge on any atom is -0.367 e. The van der Waals surface area contributed by atoms with Crippen LogP contribution in [-0.4, -0.2) is 53.9 Å². The molecule has 0 aliphatic carbocycles. The van der Waals surface area contributed by atoms with Crippen molar-refractivity contribution < 1.29 is 9.18 Å². The highest BCUT2D eigenvalue weighted by Crippen LogP contribution is 2.19. The third-order valence-electron chi connectivity index (χ3n) is 5.04. The predicted molar refractivity (Wildman–Crippen MR) is 97.0 cm³/mol. The first-order valence-electron chi connectivity index (χ1n) is 8.97. The lowest BCUT2D eigenvalue weighted by atomic mass is 9.95. The Morgan fingerprint density at radius 3 is 2.80 bits per heavy atom. The second-order valence-corrected chi connectivity index (χ2v) is 6.95. The zero-order valence-electron chi connectivity index (χ0n) is 14.7. The smallest absolute Gasteiger partial charge is 0.255 e. The van der Waals surface area contributed by atoms with E-state index >= 15 is 0 Å². The number of nitrogens with one attached hydrogen (secondary N) is 1. The molecule has 1 amide bonds. The molecule has 2 heterocycles. The minimum absolute atomic E-state index is 0.0785. The topological polar surface area (TPSA) is 39.3 Å². The van der Waals surface area contributed by atoms with Crippen LogP contribution in [0, 0.1) is 11.7 Å². The molecular formula is C20H26FN3O. The van der Waals surface area contributed by atoms with E-state index in [2.05, 4.69) is 9.88 Å². The summed E-state index contributed by atoms with van der Waals surface area (Å²) in [6, 6.07) is 8.67. The lowest BCUT2D eigenvalue weighted by Gasteiger charge is -2.33. The maximum atomic E-state index is 13.2. The van der Waals surface area contributed by atoms with Crippen molar-refractivity contribution in [3.8, 4) is 0 Å². The fourth-order valence-electron chi connectivity index (χ4n) is 3.52. The number of hydrogen-bond donors (Lipinski definition) is 1. The molecule has 1 aromatic carbocycles. The first kappa shape index (κ1) is 17.7. The lowest BCUT2D eigenvalue weighted by molar-refractivity contribution is 0.0740. The van der Waals surface area contributed by atoms with Crippen LogP contribution in [0.4, 0.5) is 4.39 Å². The quantitative estimate of drug-likeness (QED) is 0.875. The van der Waals surface area contributed by atoms with Gasteiger partial charge in [-0.25, -0.2) is 4.39 Å². The van der Waals surface area contributed by atoms with Gasteiger partial charge in [0.05, 0.1) is 5.56 Å². The highest BCUT2D eigenvalue weighted by atomic mass is 19.1. The summed E-state index contributed by atoms with van der Waals surface area (Å²) in [5.41, 5.74) is 1.77. The normalized spacial score (nSPS) is 16.1. The van der Waals surface area contributed by atoms with Crippen LogP contribution >= 0.6 is 0 Å². The van der Waals surface area contributed by atoms with Crippen LogP contribution in [0.25, 0.3) is 0 Å². The molecule has 5 heteroatoms. The number of likely N-dealkylation sites (tertiary alicyclic amines) is 1. The van der Waals surface area contributed by atoms with Crippen molar-refractivity contribution in [1.29, 1.82) is 0 Å². The summed E-state index contributed by atoms with van der Waals surface area (Å²) in [7, 11) is 1.88. The van der Waals surface area contributed by atoms with Gasteiger partial charge in [0.1, 0.15) is 5.82 Å². The van der Waals surface area contributed by atoms with E-state index in [4.69, 9.17) is 0 Å². The van der Waals surface area contributed by atoms with Gasteiger partial charge < -0.3 is 14.8 Å². The SMILES string of the molecule is CN(CC1CCN(CCc2cccc(F)c2)CC1)C(=O)c1cc[nH]c1. The molecule has 1 N–H and O–H groups in total. The number of aromatic nitrogens is 1. The Hall–Kier alpha value is -2.14. The number of carbonyl (C=O) groups is 1. The van der Waals surface area contributed by atoms with Crippen LogP contribution in [0.15, 0.2) is 42.7 Å². The molecule has 0 spiro atoms. The predicted octanol–water partition coefficient (Wildman–Crippen LogP) is 3.18. The van der Waals surface area contributed by atoms with E-state index < -0.39 is 0 Å². The van der Waals surface area contributed by atoms with E-state index in [0.717, 1.165) is 56.6 Å². The van der Waals surface area contributed by atoms with Crippen molar-refractivity contribution in [2.24, 2.45) is 5.92 Å². The molecule has 0 unspecified atom stereocenters. The van der Waals surface area contributed by atoms with E-state index in [1.165, 1.54) is 6.07 Å². The molecule has 4 nitrogen and oxygen atoms in total.